The van der Waals surface area contributed by atoms with Crippen LogP contribution in [0.1, 0.15) is 19.8 Å². The standard InChI is InChI=1S/C12H27NO5S/c1-4-6-13(2,7-5-12-19(14,15)16)8-9-18-11-10-17-3/h4-12H2,1-3H3/p+1. The van der Waals surface area contributed by atoms with Gasteiger partial charge in [-0.2, -0.15) is 8.42 Å². The Morgan fingerprint density at radius 2 is 1.79 bits per heavy atom. The van der Waals surface area contributed by atoms with E-state index in [1.165, 1.54) is 0 Å². The van der Waals surface area contributed by atoms with Gasteiger partial charge < -0.3 is 14.0 Å². The molecule has 0 aromatic rings. The van der Waals surface area contributed by atoms with Gasteiger partial charge in [0.1, 0.15) is 6.54 Å². The molecule has 0 bridgehead atoms. The van der Waals surface area contributed by atoms with Crippen LogP contribution >= 0.6 is 0 Å². The summed E-state index contributed by atoms with van der Waals surface area (Å²) in [5.41, 5.74) is 0. The lowest BCUT2D eigenvalue weighted by Crippen LogP contribution is -2.48. The van der Waals surface area contributed by atoms with Crippen molar-refractivity contribution in [3.8, 4) is 0 Å². The summed E-state index contributed by atoms with van der Waals surface area (Å²) in [4.78, 5) is 0. The molecular formula is C12H28NO5S+. The number of nitrogens with zero attached hydrogens (tertiary/aromatic N) is 1. The van der Waals surface area contributed by atoms with E-state index >= 15 is 0 Å². The van der Waals surface area contributed by atoms with Gasteiger partial charge in [0.2, 0.25) is 0 Å². The van der Waals surface area contributed by atoms with Crippen molar-refractivity contribution in [3.63, 3.8) is 0 Å². The summed E-state index contributed by atoms with van der Waals surface area (Å²) in [6.07, 6.45) is 1.49. The summed E-state index contributed by atoms with van der Waals surface area (Å²) >= 11 is 0. The number of rotatable bonds is 12. The van der Waals surface area contributed by atoms with Crippen LogP contribution < -0.4 is 0 Å². The highest BCUT2D eigenvalue weighted by Crippen LogP contribution is 2.07. The zero-order valence-electron chi connectivity index (χ0n) is 12.3. The fourth-order valence-corrected chi connectivity index (χ4v) is 2.53. The topological polar surface area (TPSA) is 72.8 Å². The largest absolute Gasteiger partial charge is 0.382 e. The monoisotopic (exact) mass is 298 g/mol. The van der Waals surface area contributed by atoms with E-state index in [0.29, 0.717) is 26.2 Å². The number of ether oxygens (including phenoxy) is 2. The first-order valence-electron chi connectivity index (χ1n) is 6.68. The minimum absolute atomic E-state index is 0.172. The van der Waals surface area contributed by atoms with Gasteiger partial charge in [0, 0.05) is 13.5 Å². The van der Waals surface area contributed by atoms with E-state index in [-0.39, 0.29) is 5.75 Å². The van der Waals surface area contributed by atoms with Crippen molar-refractivity contribution in [1.29, 1.82) is 0 Å². The summed E-state index contributed by atoms with van der Waals surface area (Å²) in [5, 5.41) is 0. The van der Waals surface area contributed by atoms with Crippen LogP contribution in [0.3, 0.4) is 0 Å². The first-order valence-corrected chi connectivity index (χ1v) is 8.29. The van der Waals surface area contributed by atoms with Crippen LogP contribution in [0.5, 0.6) is 0 Å². The molecule has 6 nitrogen and oxygen atoms in total. The molecular weight excluding hydrogens is 270 g/mol. The highest BCUT2D eigenvalue weighted by Gasteiger charge is 2.21. The van der Waals surface area contributed by atoms with Gasteiger partial charge in [0.05, 0.1) is 45.7 Å². The normalized spacial score (nSPS) is 15.4. The molecule has 0 radical (unpaired) electrons. The molecule has 1 atom stereocenters. The molecule has 0 aliphatic rings. The number of quaternary nitrogens is 1. The van der Waals surface area contributed by atoms with Gasteiger partial charge >= 0.3 is 0 Å². The third-order valence-corrected chi connectivity index (χ3v) is 3.88. The maximum atomic E-state index is 10.7. The van der Waals surface area contributed by atoms with Gasteiger partial charge in [0.15, 0.2) is 0 Å². The second kappa shape index (κ2) is 9.66. The van der Waals surface area contributed by atoms with Crippen molar-refractivity contribution >= 4 is 10.1 Å². The lowest BCUT2D eigenvalue weighted by atomic mass is 10.3. The molecule has 0 heterocycles. The molecule has 0 aliphatic heterocycles. The number of methoxy groups -OCH3 is 1. The maximum absolute atomic E-state index is 10.7. The molecule has 7 heteroatoms. The third-order valence-electron chi connectivity index (χ3n) is 3.07. The fraction of sp³-hybridized carbons (Fsp3) is 1.00. The summed E-state index contributed by atoms with van der Waals surface area (Å²) in [6, 6.07) is 0. The zero-order chi connectivity index (χ0) is 14.8. The van der Waals surface area contributed by atoms with Crippen LogP contribution in [0.25, 0.3) is 0 Å². The van der Waals surface area contributed by atoms with Gasteiger partial charge in [-0.15, -0.1) is 0 Å². The molecule has 0 aromatic carbocycles. The van der Waals surface area contributed by atoms with Gasteiger partial charge in [0.25, 0.3) is 10.1 Å². The second-order valence-corrected chi connectivity index (χ2v) is 6.61. The number of likely N-dealkylation sites (N-methyl/N-ethyl adjacent to an activating group) is 1. The Balaban J connectivity index is 4.03. The molecule has 0 aliphatic carbocycles. The molecule has 0 saturated carbocycles. The van der Waals surface area contributed by atoms with Crippen molar-refractivity contribution in [2.75, 3.05) is 59.4 Å². The quantitative estimate of drug-likeness (QED) is 0.327. The van der Waals surface area contributed by atoms with E-state index in [0.717, 1.165) is 30.5 Å². The zero-order valence-corrected chi connectivity index (χ0v) is 13.1. The Bertz CT molecular complexity index is 320. The molecule has 0 fully saturated rings. The first kappa shape index (κ1) is 18.8. The molecule has 0 saturated heterocycles. The van der Waals surface area contributed by atoms with E-state index in [4.69, 9.17) is 14.0 Å². The van der Waals surface area contributed by atoms with E-state index < -0.39 is 10.1 Å². The predicted octanol–water partition coefficient (Wildman–Crippen LogP) is 0.784. The van der Waals surface area contributed by atoms with Gasteiger partial charge in [-0.05, 0) is 6.42 Å². The molecule has 116 valence electrons. The average Bonchev–Trinajstić information content (AvgIpc) is 2.27. The Labute approximate surface area is 117 Å². The molecule has 0 amide bonds. The minimum Gasteiger partial charge on any atom is -0.382 e. The van der Waals surface area contributed by atoms with Crippen LogP contribution in [0.15, 0.2) is 0 Å². The van der Waals surface area contributed by atoms with E-state index in [1.807, 2.05) is 0 Å². The molecule has 0 spiro atoms. The summed E-state index contributed by atoms with van der Waals surface area (Å²) in [7, 11) is -0.126. The Morgan fingerprint density at radius 1 is 1.11 bits per heavy atom. The summed E-state index contributed by atoms with van der Waals surface area (Å²) in [5.74, 6) is -0.172. The van der Waals surface area contributed by atoms with E-state index in [2.05, 4.69) is 14.0 Å². The Kier molecular flexibility index (Phi) is 9.55. The van der Waals surface area contributed by atoms with Gasteiger partial charge in [-0.3, -0.25) is 4.55 Å². The first-order chi connectivity index (χ1) is 8.83. The fourth-order valence-electron chi connectivity index (χ4n) is 2.03. The molecule has 1 N–H and O–H groups in total. The highest BCUT2D eigenvalue weighted by atomic mass is 32.2. The maximum Gasteiger partial charge on any atom is 0.265 e. The van der Waals surface area contributed by atoms with Crippen molar-refractivity contribution < 1.29 is 26.9 Å². The molecule has 0 rings (SSSR count). The van der Waals surface area contributed by atoms with Crippen LogP contribution in [0.2, 0.25) is 0 Å². The van der Waals surface area contributed by atoms with Crippen LogP contribution in [0.4, 0.5) is 0 Å². The van der Waals surface area contributed by atoms with Gasteiger partial charge in [-0.25, -0.2) is 0 Å². The lowest BCUT2D eigenvalue weighted by molar-refractivity contribution is -0.910. The minimum atomic E-state index is -3.85. The van der Waals surface area contributed by atoms with Crippen LogP contribution in [-0.4, -0.2) is 76.8 Å². The summed E-state index contributed by atoms with van der Waals surface area (Å²) < 4.78 is 41.3. The summed E-state index contributed by atoms with van der Waals surface area (Å²) in [6.45, 7) is 6.42. The molecule has 0 aromatic heterocycles. The van der Waals surface area contributed by atoms with E-state index in [9.17, 15) is 8.42 Å². The highest BCUT2D eigenvalue weighted by molar-refractivity contribution is 7.85. The van der Waals surface area contributed by atoms with Gasteiger partial charge in [-0.1, -0.05) is 6.92 Å². The predicted molar refractivity (Wildman–Crippen MR) is 74.8 cm³/mol. The second-order valence-electron chi connectivity index (χ2n) is 5.04. The Hall–Kier alpha value is -0.210. The molecule has 19 heavy (non-hydrogen) atoms. The Morgan fingerprint density at radius 3 is 2.32 bits per heavy atom. The number of hydrogen-bond acceptors (Lipinski definition) is 4. The lowest BCUT2D eigenvalue weighted by Gasteiger charge is -2.34. The van der Waals surface area contributed by atoms with Crippen molar-refractivity contribution in [3.05, 3.63) is 0 Å². The SMILES string of the molecule is CCC[N+](C)(CCCS(=O)(=O)O)CCOCCOC. The molecule has 1 unspecified atom stereocenters. The third kappa shape index (κ3) is 11.3. The smallest absolute Gasteiger partial charge is 0.265 e. The van der Waals surface area contributed by atoms with Crippen molar-refractivity contribution in [1.82, 2.24) is 0 Å². The van der Waals surface area contributed by atoms with E-state index in [1.54, 1.807) is 7.11 Å². The number of hydrogen-bond donors (Lipinski definition) is 1. The van der Waals surface area contributed by atoms with Crippen molar-refractivity contribution in [2.45, 2.75) is 19.8 Å². The van der Waals surface area contributed by atoms with Crippen LogP contribution in [0, 0.1) is 0 Å². The average molecular weight is 298 g/mol. The van der Waals surface area contributed by atoms with Crippen LogP contribution in [-0.2, 0) is 19.6 Å². The van der Waals surface area contributed by atoms with Crippen molar-refractivity contribution in [2.24, 2.45) is 0 Å².